The highest BCUT2D eigenvalue weighted by Crippen LogP contribution is 2.12. The third kappa shape index (κ3) is 8.91. The van der Waals surface area contributed by atoms with Gasteiger partial charge in [-0.3, -0.25) is 4.99 Å². The fourth-order valence-electron chi connectivity index (χ4n) is 3.03. The van der Waals surface area contributed by atoms with Crippen molar-refractivity contribution in [3.63, 3.8) is 0 Å². The van der Waals surface area contributed by atoms with Gasteiger partial charge in [0.1, 0.15) is 5.82 Å². The Hall–Kier alpha value is -1.13. The predicted octanol–water partition coefficient (Wildman–Crippen LogP) is 2.80. The highest BCUT2D eigenvalue weighted by Gasteiger charge is 2.14. The van der Waals surface area contributed by atoms with E-state index >= 15 is 0 Å². The third-order valence-electron chi connectivity index (χ3n) is 4.67. The maximum Gasteiger partial charge on any atom is 0.191 e. The van der Waals surface area contributed by atoms with E-state index in [1.54, 1.807) is 7.05 Å². The monoisotopic (exact) mass is 505 g/mol. The van der Waals surface area contributed by atoms with E-state index in [0.29, 0.717) is 19.3 Å². The Balaban J connectivity index is 0.00000392. The Morgan fingerprint density at radius 2 is 2.14 bits per heavy atom. The van der Waals surface area contributed by atoms with E-state index in [1.807, 2.05) is 6.20 Å². The molecule has 1 unspecified atom stereocenters. The zero-order valence-corrected chi connectivity index (χ0v) is 19.8. The van der Waals surface area contributed by atoms with Crippen molar-refractivity contribution in [1.29, 1.82) is 0 Å². The summed E-state index contributed by atoms with van der Waals surface area (Å²) in [5, 5.41) is 6.64. The van der Waals surface area contributed by atoms with Crippen molar-refractivity contribution >= 4 is 35.8 Å². The van der Waals surface area contributed by atoms with Gasteiger partial charge in [0.05, 0.1) is 12.7 Å². The molecule has 28 heavy (non-hydrogen) atoms. The van der Waals surface area contributed by atoms with Crippen LogP contribution in [0.1, 0.15) is 38.7 Å². The number of rotatable bonds is 11. The van der Waals surface area contributed by atoms with E-state index in [2.05, 4.69) is 51.5 Å². The molecule has 1 fully saturated rings. The van der Waals surface area contributed by atoms with E-state index in [9.17, 15) is 0 Å². The summed E-state index contributed by atoms with van der Waals surface area (Å²) in [5.74, 6) is 1.82. The number of halogens is 1. The van der Waals surface area contributed by atoms with Gasteiger partial charge in [-0.25, -0.2) is 4.98 Å². The van der Waals surface area contributed by atoms with E-state index in [1.165, 1.54) is 0 Å². The average Bonchev–Trinajstić information content (AvgIpc) is 3.22. The maximum absolute atomic E-state index is 5.67. The van der Waals surface area contributed by atoms with Gasteiger partial charge in [-0.15, -0.1) is 24.0 Å². The summed E-state index contributed by atoms with van der Waals surface area (Å²) in [6, 6.07) is 4.19. The predicted molar refractivity (Wildman–Crippen MR) is 126 cm³/mol. The van der Waals surface area contributed by atoms with E-state index < -0.39 is 0 Å². The number of pyridine rings is 1. The van der Waals surface area contributed by atoms with Gasteiger partial charge in [-0.05, 0) is 44.7 Å². The van der Waals surface area contributed by atoms with Crippen LogP contribution in [0.15, 0.2) is 23.3 Å². The van der Waals surface area contributed by atoms with Crippen LogP contribution in [-0.2, 0) is 16.0 Å². The number of aromatic nitrogens is 1. The highest BCUT2D eigenvalue weighted by atomic mass is 127. The lowest BCUT2D eigenvalue weighted by molar-refractivity contribution is 0.0168. The first-order chi connectivity index (χ1) is 13.3. The summed E-state index contributed by atoms with van der Waals surface area (Å²) >= 11 is 0. The molecule has 2 heterocycles. The molecule has 0 saturated carbocycles. The number of ether oxygens (including phenoxy) is 2. The summed E-state index contributed by atoms with van der Waals surface area (Å²) in [7, 11) is 1.78. The molecule has 1 aromatic rings. The van der Waals surface area contributed by atoms with Crippen LogP contribution in [0, 0.1) is 0 Å². The second kappa shape index (κ2) is 14.8. The molecule has 0 amide bonds. The number of anilines is 1. The molecule has 8 heteroatoms. The van der Waals surface area contributed by atoms with Gasteiger partial charge < -0.3 is 25.0 Å². The van der Waals surface area contributed by atoms with Crippen molar-refractivity contribution in [3.8, 4) is 0 Å². The van der Waals surface area contributed by atoms with Crippen molar-refractivity contribution in [1.82, 2.24) is 15.6 Å². The Morgan fingerprint density at radius 3 is 2.75 bits per heavy atom. The zero-order chi connectivity index (χ0) is 19.3. The smallest absolute Gasteiger partial charge is 0.191 e. The molecule has 2 rings (SSSR count). The Morgan fingerprint density at radius 1 is 1.32 bits per heavy atom. The van der Waals surface area contributed by atoms with Crippen LogP contribution in [0.3, 0.4) is 0 Å². The summed E-state index contributed by atoms with van der Waals surface area (Å²) < 4.78 is 11.2. The second-order valence-corrected chi connectivity index (χ2v) is 6.61. The number of nitrogens with one attached hydrogen (secondary N) is 2. The Bertz CT molecular complexity index is 546. The summed E-state index contributed by atoms with van der Waals surface area (Å²) in [4.78, 5) is 11.0. The highest BCUT2D eigenvalue weighted by molar-refractivity contribution is 14.0. The normalized spacial score (nSPS) is 16.5. The molecule has 160 valence electrons. The van der Waals surface area contributed by atoms with Crippen LogP contribution >= 0.6 is 24.0 Å². The molecule has 1 saturated heterocycles. The van der Waals surface area contributed by atoms with Gasteiger partial charge >= 0.3 is 0 Å². The standard InChI is InChI=1S/C20H35N5O2.HI/c1-4-25(5-2)19-10-9-17(14-23-19)15-24-20(21-3)22-11-7-12-26-16-18-8-6-13-27-18;/h9-10,14,18H,4-8,11-13,15-16H2,1-3H3,(H2,21,22,24);1H. The van der Waals surface area contributed by atoms with Gasteiger partial charge in [0.25, 0.3) is 0 Å². The van der Waals surface area contributed by atoms with Crippen LogP contribution in [0.4, 0.5) is 5.82 Å². The topological polar surface area (TPSA) is 71.0 Å². The van der Waals surface area contributed by atoms with E-state index in [4.69, 9.17) is 9.47 Å². The molecule has 1 aromatic heterocycles. The number of guanidine groups is 1. The van der Waals surface area contributed by atoms with Crippen LogP contribution in [0.2, 0.25) is 0 Å². The van der Waals surface area contributed by atoms with E-state index in [0.717, 1.165) is 69.5 Å². The molecule has 0 aromatic carbocycles. The lowest BCUT2D eigenvalue weighted by Gasteiger charge is -2.19. The van der Waals surface area contributed by atoms with Crippen molar-refractivity contribution in [2.24, 2.45) is 4.99 Å². The average molecular weight is 505 g/mol. The minimum absolute atomic E-state index is 0. The minimum Gasteiger partial charge on any atom is -0.379 e. The van der Waals surface area contributed by atoms with Crippen molar-refractivity contribution in [2.45, 2.75) is 45.8 Å². The fourth-order valence-corrected chi connectivity index (χ4v) is 3.03. The van der Waals surface area contributed by atoms with Crippen LogP contribution in [0.5, 0.6) is 0 Å². The van der Waals surface area contributed by atoms with Gasteiger partial charge in [0.2, 0.25) is 0 Å². The number of hydrogen-bond acceptors (Lipinski definition) is 5. The maximum atomic E-state index is 5.67. The Kier molecular flexibility index (Phi) is 13.2. The van der Waals surface area contributed by atoms with Crippen LogP contribution in [0.25, 0.3) is 0 Å². The minimum atomic E-state index is 0. The lowest BCUT2D eigenvalue weighted by atomic mass is 10.2. The summed E-state index contributed by atoms with van der Waals surface area (Å²) in [6.07, 6.45) is 5.44. The second-order valence-electron chi connectivity index (χ2n) is 6.61. The van der Waals surface area contributed by atoms with Crippen LogP contribution in [-0.4, -0.2) is 63.6 Å². The first kappa shape index (κ1) is 24.9. The number of hydrogen-bond donors (Lipinski definition) is 2. The SMILES string of the molecule is CCN(CC)c1ccc(CNC(=NC)NCCCOCC2CCCO2)cn1.I. The molecular weight excluding hydrogens is 469 g/mol. The van der Waals surface area contributed by atoms with Crippen LogP contribution < -0.4 is 15.5 Å². The van der Waals surface area contributed by atoms with Crippen molar-refractivity contribution in [3.05, 3.63) is 23.9 Å². The molecule has 7 nitrogen and oxygen atoms in total. The molecule has 1 atom stereocenters. The molecule has 0 bridgehead atoms. The largest absolute Gasteiger partial charge is 0.379 e. The van der Waals surface area contributed by atoms with E-state index in [-0.39, 0.29) is 24.0 Å². The first-order valence-corrected chi connectivity index (χ1v) is 10.1. The zero-order valence-electron chi connectivity index (χ0n) is 17.4. The molecular formula is C20H36IN5O2. The van der Waals surface area contributed by atoms with Gasteiger partial charge in [-0.1, -0.05) is 6.07 Å². The third-order valence-corrected chi connectivity index (χ3v) is 4.67. The number of aliphatic imine (C=N–C) groups is 1. The van der Waals surface area contributed by atoms with Gasteiger partial charge in [0, 0.05) is 52.6 Å². The molecule has 2 N–H and O–H groups in total. The number of nitrogens with zero attached hydrogens (tertiary/aromatic N) is 3. The van der Waals surface area contributed by atoms with Crippen molar-refractivity contribution in [2.75, 3.05) is 51.4 Å². The van der Waals surface area contributed by atoms with Gasteiger partial charge in [-0.2, -0.15) is 0 Å². The summed E-state index contributed by atoms with van der Waals surface area (Å²) in [6.45, 7) is 10.1. The molecule has 0 radical (unpaired) electrons. The van der Waals surface area contributed by atoms with Gasteiger partial charge in [0.15, 0.2) is 5.96 Å². The summed E-state index contributed by atoms with van der Waals surface area (Å²) in [5.41, 5.74) is 1.13. The molecule has 1 aliphatic rings. The quantitative estimate of drug-likeness (QED) is 0.209. The Labute approximate surface area is 186 Å². The first-order valence-electron chi connectivity index (χ1n) is 10.1. The molecule has 0 spiro atoms. The van der Waals surface area contributed by atoms with Crippen molar-refractivity contribution < 1.29 is 9.47 Å². The fraction of sp³-hybridized carbons (Fsp3) is 0.700. The lowest BCUT2D eigenvalue weighted by Crippen LogP contribution is -2.37. The molecule has 1 aliphatic heterocycles. The molecule has 0 aliphatic carbocycles.